The van der Waals surface area contributed by atoms with Crippen molar-refractivity contribution < 1.29 is 19.1 Å². The van der Waals surface area contributed by atoms with Gasteiger partial charge in [0.15, 0.2) is 17.3 Å². The van der Waals surface area contributed by atoms with Gasteiger partial charge in [-0.3, -0.25) is 14.3 Å². The molecule has 0 spiro atoms. The number of Topliss-reactive ketones (excluding diaryl/α,β-unsaturated/α-hetero) is 1. The fourth-order valence-corrected chi connectivity index (χ4v) is 4.20. The molecule has 0 amide bonds. The van der Waals surface area contributed by atoms with Gasteiger partial charge in [-0.15, -0.1) is 0 Å². The molecular weight excluding hydrogens is 452 g/mol. The lowest BCUT2D eigenvalue weighted by Crippen LogP contribution is -2.14. The number of benzene rings is 3. The highest BCUT2D eigenvalue weighted by atomic mass is 16.5. The molecule has 0 aliphatic carbocycles. The Morgan fingerprint density at radius 2 is 1.39 bits per heavy atom. The summed E-state index contributed by atoms with van der Waals surface area (Å²) in [5.74, 6) is -1.24. The summed E-state index contributed by atoms with van der Waals surface area (Å²) in [6.07, 6.45) is 0. The first-order chi connectivity index (χ1) is 17.3. The Morgan fingerprint density at radius 3 is 2.00 bits per heavy atom. The van der Waals surface area contributed by atoms with Crippen LogP contribution in [0, 0.1) is 20.8 Å². The largest absolute Gasteiger partial charge is 0.461 e. The lowest BCUT2D eigenvalue weighted by Gasteiger charge is -2.11. The Morgan fingerprint density at radius 1 is 0.806 bits per heavy atom. The molecular formula is C30H28N2O4. The molecule has 6 heteroatoms. The van der Waals surface area contributed by atoms with Crippen molar-refractivity contribution in [2.45, 2.75) is 34.2 Å². The van der Waals surface area contributed by atoms with E-state index in [1.54, 1.807) is 31.2 Å². The maximum absolute atomic E-state index is 13.9. The fourth-order valence-electron chi connectivity index (χ4n) is 4.20. The van der Waals surface area contributed by atoms with Crippen molar-refractivity contribution in [3.05, 3.63) is 112 Å². The van der Waals surface area contributed by atoms with Crippen molar-refractivity contribution in [2.75, 3.05) is 6.61 Å². The zero-order chi connectivity index (χ0) is 25.8. The maximum Gasteiger partial charge on any atom is 0.359 e. The zero-order valence-corrected chi connectivity index (χ0v) is 20.9. The molecule has 0 unspecified atom stereocenters. The minimum Gasteiger partial charge on any atom is -0.461 e. The van der Waals surface area contributed by atoms with Gasteiger partial charge in [-0.1, -0.05) is 71.3 Å². The Labute approximate surface area is 210 Å². The van der Waals surface area contributed by atoms with E-state index in [1.165, 1.54) is 4.68 Å². The summed E-state index contributed by atoms with van der Waals surface area (Å²) >= 11 is 0. The molecule has 6 nitrogen and oxygen atoms in total. The van der Waals surface area contributed by atoms with Crippen molar-refractivity contribution in [1.82, 2.24) is 9.78 Å². The molecule has 0 aliphatic rings. The molecule has 36 heavy (non-hydrogen) atoms. The van der Waals surface area contributed by atoms with E-state index < -0.39 is 5.97 Å². The van der Waals surface area contributed by atoms with E-state index in [0.29, 0.717) is 22.4 Å². The lowest BCUT2D eigenvalue weighted by molar-refractivity contribution is 0.0515. The highest BCUT2D eigenvalue weighted by molar-refractivity contribution is 6.17. The van der Waals surface area contributed by atoms with Crippen LogP contribution in [-0.4, -0.2) is 33.9 Å². The molecule has 0 saturated heterocycles. The van der Waals surface area contributed by atoms with Crippen LogP contribution in [0.5, 0.6) is 0 Å². The number of nitrogens with zero attached hydrogens (tertiary/aromatic N) is 2. The van der Waals surface area contributed by atoms with E-state index >= 15 is 0 Å². The number of rotatable bonds is 8. The molecule has 3 aromatic carbocycles. The van der Waals surface area contributed by atoms with E-state index in [9.17, 15) is 14.4 Å². The van der Waals surface area contributed by atoms with Crippen LogP contribution in [0.15, 0.2) is 72.8 Å². The van der Waals surface area contributed by atoms with Crippen LogP contribution >= 0.6 is 0 Å². The number of esters is 1. The first kappa shape index (κ1) is 24.8. The summed E-state index contributed by atoms with van der Waals surface area (Å²) in [5.41, 5.74) is 4.93. The van der Waals surface area contributed by atoms with Crippen molar-refractivity contribution >= 4 is 17.5 Å². The van der Waals surface area contributed by atoms with Gasteiger partial charge in [0.2, 0.25) is 0 Å². The number of ketones is 2. The third-order valence-electron chi connectivity index (χ3n) is 5.85. The van der Waals surface area contributed by atoms with Crippen LogP contribution in [0.3, 0.4) is 0 Å². The van der Waals surface area contributed by atoms with E-state index in [1.807, 2.05) is 69.3 Å². The number of carbonyl (C=O) groups is 3. The lowest BCUT2D eigenvalue weighted by atomic mass is 9.96. The first-order valence-electron chi connectivity index (χ1n) is 11.8. The van der Waals surface area contributed by atoms with Gasteiger partial charge < -0.3 is 4.74 Å². The minimum atomic E-state index is -0.704. The average molecular weight is 481 g/mol. The summed E-state index contributed by atoms with van der Waals surface area (Å²) in [4.78, 5) is 40.1. The van der Waals surface area contributed by atoms with Crippen LogP contribution in [0.25, 0.3) is 11.3 Å². The van der Waals surface area contributed by atoms with Gasteiger partial charge in [0, 0.05) is 16.7 Å². The van der Waals surface area contributed by atoms with Crippen LogP contribution in [0.2, 0.25) is 0 Å². The molecule has 4 rings (SSSR count). The molecule has 0 saturated carbocycles. The molecule has 1 heterocycles. The van der Waals surface area contributed by atoms with Gasteiger partial charge in [-0.05, 0) is 45.9 Å². The monoisotopic (exact) mass is 480 g/mol. The highest BCUT2D eigenvalue weighted by Gasteiger charge is 2.31. The quantitative estimate of drug-likeness (QED) is 0.236. The Bertz CT molecular complexity index is 1470. The van der Waals surface area contributed by atoms with Crippen LogP contribution in [-0.2, 0) is 11.3 Å². The summed E-state index contributed by atoms with van der Waals surface area (Å²) in [7, 11) is 0. The molecule has 182 valence electrons. The van der Waals surface area contributed by atoms with Gasteiger partial charge in [-0.25, -0.2) is 4.79 Å². The number of aryl methyl sites for hydroxylation is 3. The second-order valence-corrected chi connectivity index (χ2v) is 8.81. The molecule has 0 fully saturated rings. The first-order valence-corrected chi connectivity index (χ1v) is 11.8. The summed E-state index contributed by atoms with van der Waals surface area (Å²) < 4.78 is 6.71. The fraction of sp³-hybridized carbons (Fsp3) is 0.200. The van der Waals surface area contributed by atoms with E-state index in [2.05, 4.69) is 5.10 Å². The van der Waals surface area contributed by atoms with E-state index in [0.717, 1.165) is 16.7 Å². The number of hydrogen-bond donors (Lipinski definition) is 0. The third-order valence-corrected chi connectivity index (χ3v) is 5.85. The number of carbonyl (C=O) groups excluding carboxylic acids is 3. The second-order valence-electron chi connectivity index (χ2n) is 8.81. The van der Waals surface area contributed by atoms with Crippen LogP contribution in [0.4, 0.5) is 0 Å². The van der Waals surface area contributed by atoms with Gasteiger partial charge in [0.05, 0.1) is 17.9 Å². The summed E-state index contributed by atoms with van der Waals surface area (Å²) in [5, 5.41) is 4.49. The van der Waals surface area contributed by atoms with E-state index in [4.69, 9.17) is 4.74 Å². The number of aromatic nitrogens is 2. The molecule has 0 atom stereocenters. The van der Waals surface area contributed by atoms with Gasteiger partial charge in [-0.2, -0.15) is 5.10 Å². The summed E-state index contributed by atoms with van der Waals surface area (Å²) in [6, 6.07) is 22.0. The Hall–Kier alpha value is -4.32. The van der Waals surface area contributed by atoms with Crippen molar-refractivity contribution in [2.24, 2.45) is 0 Å². The smallest absolute Gasteiger partial charge is 0.359 e. The topological polar surface area (TPSA) is 78.3 Å². The SMILES string of the molecule is CCOC(=O)c1nn(CC(=O)c2cccc(C)c2)c(-c2cccc(C)c2)c1C(=O)c1cccc(C)c1. The van der Waals surface area contributed by atoms with Crippen molar-refractivity contribution in [3.63, 3.8) is 0 Å². The van der Waals surface area contributed by atoms with Gasteiger partial charge in [0.25, 0.3) is 0 Å². The van der Waals surface area contributed by atoms with Crippen molar-refractivity contribution in [1.29, 1.82) is 0 Å². The predicted octanol–water partition coefficient (Wildman–Crippen LogP) is 5.77. The minimum absolute atomic E-state index is 0.100. The summed E-state index contributed by atoms with van der Waals surface area (Å²) in [6.45, 7) is 7.44. The maximum atomic E-state index is 13.9. The average Bonchev–Trinajstić information content (AvgIpc) is 3.23. The van der Waals surface area contributed by atoms with Gasteiger partial charge >= 0.3 is 5.97 Å². The molecule has 0 aliphatic heterocycles. The molecule has 0 radical (unpaired) electrons. The molecule has 1 aromatic heterocycles. The highest BCUT2D eigenvalue weighted by Crippen LogP contribution is 2.31. The van der Waals surface area contributed by atoms with Crippen LogP contribution < -0.4 is 0 Å². The normalized spacial score (nSPS) is 10.8. The third kappa shape index (κ3) is 5.18. The van der Waals surface area contributed by atoms with E-state index in [-0.39, 0.29) is 36.0 Å². The van der Waals surface area contributed by atoms with Crippen LogP contribution in [0.1, 0.15) is 60.4 Å². The second kappa shape index (κ2) is 10.5. The van der Waals surface area contributed by atoms with Crippen molar-refractivity contribution in [3.8, 4) is 11.3 Å². The zero-order valence-electron chi connectivity index (χ0n) is 20.9. The van der Waals surface area contributed by atoms with Gasteiger partial charge in [0.1, 0.15) is 6.54 Å². The number of hydrogen-bond acceptors (Lipinski definition) is 5. The Balaban J connectivity index is 1.94. The predicted molar refractivity (Wildman–Crippen MR) is 138 cm³/mol. The number of ether oxygens (including phenoxy) is 1. The molecule has 0 N–H and O–H groups in total. The molecule has 4 aromatic rings. The standard InChI is InChI=1S/C30H28N2O4/c1-5-36-30(35)27-26(29(34)24-14-8-11-21(4)17-24)28(23-13-7-10-20(3)16-23)32(31-27)18-25(33)22-12-6-9-19(2)15-22/h6-17H,5,18H2,1-4H3. The molecule has 0 bridgehead atoms. The Kier molecular flexibility index (Phi) is 7.25.